The lowest BCUT2D eigenvalue weighted by Crippen LogP contribution is -2.03. The van der Waals surface area contributed by atoms with Gasteiger partial charge in [-0.15, -0.1) is 0 Å². The summed E-state index contributed by atoms with van der Waals surface area (Å²) in [5.74, 6) is 0.765. The summed E-state index contributed by atoms with van der Waals surface area (Å²) >= 11 is 0. The third kappa shape index (κ3) is 5.11. The Kier molecular flexibility index (Phi) is 6.66. The number of hydrogen-bond donors (Lipinski definition) is 0. The van der Waals surface area contributed by atoms with Crippen LogP contribution in [-0.4, -0.2) is 9.97 Å². The summed E-state index contributed by atoms with van der Waals surface area (Å²) in [6.45, 7) is 5.98. The van der Waals surface area contributed by atoms with Gasteiger partial charge < -0.3 is 0 Å². The van der Waals surface area contributed by atoms with Crippen molar-refractivity contribution in [1.29, 1.82) is 0 Å². The summed E-state index contributed by atoms with van der Waals surface area (Å²) in [4.78, 5) is 9.16. The molecule has 0 atom stereocenters. The highest BCUT2D eigenvalue weighted by molar-refractivity contribution is 6.05. The third-order valence-corrected chi connectivity index (χ3v) is 7.64. The fourth-order valence-electron chi connectivity index (χ4n) is 5.35. The van der Waals surface area contributed by atoms with Crippen LogP contribution >= 0.6 is 0 Å². The van der Waals surface area contributed by atoms with Crippen LogP contribution in [0.1, 0.15) is 22.6 Å². The van der Waals surface area contributed by atoms with E-state index >= 15 is 0 Å². The third-order valence-electron chi connectivity index (χ3n) is 7.64. The van der Waals surface area contributed by atoms with Crippen molar-refractivity contribution in [1.82, 2.24) is 9.97 Å². The normalized spacial score (nSPS) is 11.7. The summed E-state index contributed by atoms with van der Waals surface area (Å²) in [6, 6.07) is 34.4. The van der Waals surface area contributed by atoms with Gasteiger partial charge in [0.2, 0.25) is 0 Å². The number of aryl methyl sites for hydroxylation is 2. The first-order valence-corrected chi connectivity index (χ1v) is 13.4. The van der Waals surface area contributed by atoms with E-state index in [1.54, 1.807) is 0 Å². The average Bonchev–Trinajstić information content (AvgIpc) is 2.98. The smallest absolute Gasteiger partial charge is 0.238 e. The lowest BCUT2D eigenvalue weighted by atomic mass is 9.91. The van der Waals surface area contributed by atoms with E-state index in [-0.39, 0.29) is 0 Å². The SMILES string of the molecule is Cc1nc(C)c(C)c(-c2ccc(-c3ccc(-c4ccc(-c5ccc(C(F)(F)F)cc5)cc4)c4ccccc34)cc2)n1. The number of hydrogen-bond acceptors (Lipinski definition) is 2. The Hall–Kier alpha value is -4.77. The van der Waals surface area contributed by atoms with Gasteiger partial charge in [0.25, 0.3) is 0 Å². The van der Waals surface area contributed by atoms with Crippen LogP contribution in [0.15, 0.2) is 109 Å². The fraction of sp³-hybridized carbons (Fsp3) is 0.111. The second kappa shape index (κ2) is 10.3. The number of alkyl halides is 3. The monoisotopic (exact) mass is 544 g/mol. The Morgan fingerprint density at radius 2 is 0.927 bits per heavy atom. The largest absolute Gasteiger partial charge is 0.416 e. The molecule has 1 heterocycles. The van der Waals surface area contributed by atoms with E-state index in [1.165, 1.54) is 12.1 Å². The molecule has 5 aromatic carbocycles. The highest BCUT2D eigenvalue weighted by Crippen LogP contribution is 2.37. The Morgan fingerprint density at radius 1 is 0.488 bits per heavy atom. The Bertz CT molecular complexity index is 1870. The van der Waals surface area contributed by atoms with E-state index in [0.29, 0.717) is 0 Å². The van der Waals surface area contributed by atoms with Crippen molar-refractivity contribution < 1.29 is 13.2 Å². The van der Waals surface area contributed by atoms with Crippen LogP contribution in [0.25, 0.3) is 55.4 Å². The van der Waals surface area contributed by atoms with Gasteiger partial charge in [-0.1, -0.05) is 97.1 Å². The van der Waals surface area contributed by atoms with Crippen LogP contribution in [0.2, 0.25) is 0 Å². The lowest BCUT2D eigenvalue weighted by molar-refractivity contribution is -0.137. The molecule has 1 aromatic heterocycles. The molecule has 0 saturated heterocycles. The quantitative estimate of drug-likeness (QED) is 0.221. The zero-order valence-corrected chi connectivity index (χ0v) is 22.9. The highest BCUT2D eigenvalue weighted by Gasteiger charge is 2.30. The molecule has 6 aromatic rings. The second-order valence-electron chi connectivity index (χ2n) is 10.3. The first kappa shape index (κ1) is 26.5. The number of nitrogens with zero attached hydrogens (tertiary/aromatic N) is 2. The molecule has 6 rings (SSSR count). The molecular weight excluding hydrogens is 517 g/mol. The second-order valence-corrected chi connectivity index (χ2v) is 10.3. The van der Waals surface area contributed by atoms with E-state index in [0.717, 1.165) is 84.6 Å². The van der Waals surface area contributed by atoms with E-state index in [4.69, 9.17) is 0 Å². The summed E-state index contributed by atoms with van der Waals surface area (Å²) in [7, 11) is 0. The molecular formula is C36H27F3N2. The topological polar surface area (TPSA) is 25.8 Å². The zero-order chi connectivity index (χ0) is 28.7. The van der Waals surface area contributed by atoms with Crippen molar-refractivity contribution in [3.8, 4) is 44.6 Å². The fourth-order valence-corrected chi connectivity index (χ4v) is 5.35. The van der Waals surface area contributed by atoms with Gasteiger partial charge in [0, 0.05) is 11.3 Å². The van der Waals surface area contributed by atoms with Gasteiger partial charge in [-0.05, 0) is 82.6 Å². The minimum absolute atomic E-state index is 0.645. The van der Waals surface area contributed by atoms with Crippen LogP contribution < -0.4 is 0 Å². The van der Waals surface area contributed by atoms with Crippen LogP contribution in [-0.2, 0) is 6.18 Å². The maximum atomic E-state index is 13.0. The molecule has 0 fully saturated rings. The summed E-state index contributed by atoms with van der Waals surface area (Å²) < 4.78 is 38.9. The van der Waals surface area contributed by atoms with Crippen LogP contribution in [0.4, 0.5) is 13.2 Å². The maximum absolute atomic E-state index is 13.0. The van der Waals surface area contributed by atoms with Crippen molar-refractivity contribution in [2.75, 3.05) is 0 Å². The predicted molar refractivity (Wildman–Crippen MR) is 160 cm³/mol. The Labute approximate surface area is 237 Å². The van der Waals surface area contributed by atoms with Gasteiger partial charge in [0.1, 0.15) is 5.82 Å². The van der Waals surface area contributed by atoms with Crippen LogP contribution in [0, 0.1) is 20.8 Å². The Morgan fingerprint density at radius 3 is 1.41 bits per heavy atom. The van der Waals surface area contributed by atoms with Crippen molar-refractivity contribution in [2.24, 2.45) is 0 Å². The van der Waals surface area contributed by atoms with E-state index in [1.807, 2.05) is 50.2 Å². The van der Waals surface area contributed by atoms with Crippen molar-refractivity contribution in [3.63, 3.8) is 0 Å². The first-order valence-electron chi connectivity index (χ1n) is 13.4. The van der Waals surface area contributed by atoms with Gasteiger partial charge in [-0.3, -0.25) is 0 Å². The van der Waals surface area contributed by atoms with Crippen molar-refractivity contribution in [2.45, 2.75) is 26.9 Å². The number of fused-ring (bicyclic) bond motifs is 1. The highest BCUT2D eigenvalue weighted by atomic mass is 19.4. The predicted octanol–water partition coefficient (Wildman–Crippen LogP) is 10.2. The molecule has 2 nitrogen and oxygen atoms in total. The molecule has 0 aliphatic rings. The van der Waals surface area contributed by atoms with Gasteiger partial charge in [0.15, 0.2) is 0 Å². The summed E-state index contributed by atoms with van der Waals surface area (Å²) in [6.07, 6.45) is -4.34. The van der Waals surface area contributed by atoms with Crippen molar-refractivity contribution in [3.05, 3.63) is 132 Å². The number of benzene rings is 5. The molecule has 5 heteroatoms. The molecule has 0 unspecified atom stereocenters. The molecule has 41 heavy (non-hydrogen) atoms. The number of rotatable bonds is 4. The number of aromatic nitrogens is 2. The lowest BCUT2D eigenvalue weighted by Gasteiger charge is -2.14. The van der Waals surface area contributed by atoms with Crippen LogP contribution in [0.5, 0.6) is 0 Å². The molecule has 0 radical (unpaired) electrons. The van der Waals surface area contributed by atoms with Crippen LogP contribution in [0.3, 0.4) is 0 Å². The maximum Gasteiger partial charge on any atom is 0.416 e. The van der Waals surface area contributed by atoms with Gasteiger partial charge in [0.05, 0.1) is 11.3 Å². The summed E-state index contributed by atoms with van der Waals surface area (Å²) in [5.41, 5.74) is 9.48. The molecule has 0 amide bonds. The summed E-state index contributed by atoms with van der Waals surface area (Å²) in [5, 5.41) is 2.28. The molecule has 0 saturated carbocycles. The minimum Gasteiger partial charge on any atom is -0.238 e. The molecule has 0 bridgehead atoms. The first-order chi connectivity index (χ1) is 19.7. The van der Waals surface area contributed by atoms with Gasteiger partial charge >= 0.3 is 6.18 Å². The minimum atomic E-state index is -4.34. The van der Waals surface area contributed by atoms with Gasteiger partial charge in [-0.2, -0.15) is 13.2 Å². The molecule has 0 N–H and O–H groups in total. The Balaban J connectivity index is 1.33. The molecule has 202 valence electrons. The van der Waals surface area contributed by atoms with Crippen molar-refractivity contribution >= 4 is 10.8 Å². The van der Waals surface area contributed by atoms with E-state index < -0.39 is 11.7 Å². The molecule has 0 aliphatic heterocycles. The molecule has 0 aliphatic carbocycles. The number of halogens is 3. The van der Waals surface area contributed by atoms with E-state index in [2.05, 4.69) is 65.4 Å². The zero-order valence-electron chi connectivity index (χ0n) is 22.9. The average molecular weight is 545 g/mol. The standard InChI is InChI=1S/C36H27F3N2/c1-22-23(2)40-24(3)41-35(22)29-14-12-28(13-15-29)32-21-20-31(33-6-4-5-7-34(32)33)27-10-8-25(9-11-27)26-16-18-30(19-17-26)36(37,38)39/h4-21H,1-3H3. The molecule has 0 spiro atoms. The van der Waals surface area contributed by atoms with Gasteiger partial charge in [-0.25, -0.2) is 9.97 Å². The van der Waals surface area contributed by atoms with E-state index in [9.17, 15) is 13.2 Å².